The highest BCUT2D eigenvalue weighted by Crippen LogP contribution is 2.34. The predicted octanol–water partition coefficient (Wildman–Crippen LogP) is 2.98. The van der Waals surface area contributed by atoms with E-state index in [1.54, 1.807) is 0 Å². The molecule has 0 spiro atoms. The fourth-order valence-electron chi connectivity index (χ4n) is 2.81. The average molecular weight is 233 g/mol. The Kier molecular flexibility index (Phi) is 3.67. The second-order valence-electron chi connectivity index (χ2n) is 5.17. The Morgan fingerprint density at radius 2 is 2.24 bits per heavy atom. The fraction of sp³-hybridized carbons (Fsp3) is 0.643. The third kappa shape index (κ3) is 2.44. The lowest BCUT2D eigenvalue weighted by molar-refractivity contribution is 0.205. The summed E-state index contributed by atoms with van der Waals surface area (Å²) in [6, 6.07) is 3.46. The highest BCUT2D eigenvalue weighted by atomic mass is 15.2. The summed E-state index contributed by atoms with van der Waals surface area (Å²) in [5.41, 5.74) is 2.60. The summed E-state index contributed by atoms with van der Waals surface area (Å²) < 4.78 is 0. The summed E-state index contributed by atoms with van der Waals surface area (Å²) in [5.74, 6) is 0.989. The molecule has 2 rings (SSSR count). The maximum Gasteiger partial charge on any atom is 0.128 e. The van der Waals surface area contributed by atoms with Gasteiger partial charge in [0.05, 0.1) is 0 Å². The molecular formula is C14H23N3. The molecule has 94 valence electrons. The normalized spacial score (nSPS) is 21.1. The Morgan fingerprint density at radius 1 is 1.47 bits per heavy atom. The summed E-state index contributed by atoms with van der Waals surface area (Å²) in [5, 5.41) is 3.12. The van der Waals surface area contributed by atoms with E-state index in [9.17, 15) is 0 Å². The molecule has 2 heterocycles. The van der Waals surface area contributed by atoms with Crippen LogP contribution in [-0.4, -0.2) is 29.5 Å². The number of aromatic nitrogens is 1. The van der Waals surface area contributed by atoms with E-state index in [0.29, 0.717) is 12.1 Å². The maximum absolute atomic E-state index is 4.50. The molecule has 1 atom stereocenters. The van der Waals surface area contributed by atoms with Crippen LogP contribution >= 0.6 is 0 Å². The topological polar surface area (TPSA) is 28.2 Å². The molecule has 1 aromatic heterocycles. The van der Waals surface area contributed by atoms with Crippen molar-refractivity contribution in [1.82, 2.24) is 9.88 Å². The molecule has 0 unspecified atom stereocenters. The molecule has 0 aromatic carbocycles. The van der Waals surface area contributed by atoms with E-state index < -0.39 is 0 Å². The van der Waals surface area contributed by atoms with Crippen molar-refractivity contribution >= 4 is 5.82 Å². The lowest BCUT2D eigenvalue weighted by Crippen LogP contribution is -2.30. The molecule has 0 amide bonds. The third-order valence-electron chi connectivity index (χ3n) is 3.68. The van der Waals surface area contributed by atoms with Crippen molar-refractivity contribution in [3.05, 3.63) is 23.4 Å². The van der Waals surface area contributed by atoms with Gasteiger partial charge in [-0.3, -0.25) is 4.90 Å². The number of likely N-dealkylation sites (tertiary alicyclic amines) is 1. The van der Waals surface area contributed by atoms with Gasteiger partial charge >= 0.3 is 0 Å². The zero-order valence-corrected chi connectivity index (χ0v) is 11.3. The monoisotopic (exact) mass is 233 g/mol. The Bertz CT molecular complexity index is 387. The summed E-state index contributed by atoms with van der Waals surface area (Å²) in [4.78, 5) is 7.08. The zero-order chi connectivity index (χ0) is 12.4. The van der Waals surface area contributed by atoms with Gasteiger partial charge < -0.3 is 5.32 Å². The molecule has 0 bridgehead atoms. The number of aryl methyl sites for hydroxylation is 1. The Hall–Kier alpha value is -1.09. The van der Waals surface area contributed by atoms with Gasteiger partial charge in [0.2, 0.25) is 0 Å². The zero-order valence-electron chi connectivity index (χ0n) is 11.3. The highest BCUT2D eigenvalue weighted by molar-refractivity contribution is 5.44. The van der Waals surface area contributed by atoms with Crippen LogP contribution in [0.2, 0.25) is 0 Å². The van der Waals surface area contributed by atoms with Gasteiger partial charge in [-0.05, 0) is 57.4 Å². The van der Waals surface area contributed by atoms with Crippen LogP contribution in [0.15, 0.2) is 12.3 Å². The molecule has 1 fully saturated rings. The number of hydrogen-bond acceptors (Lipinski definition) is 3. The van der Waals surface area contributed by atoms with Crippen LogP contribution in [0.25, 0.3) is 0 Å². The van der Waals surface area contributed by atoms with E-state index in [1.807, 2.05) is 13.2 Å². The maximum atomic E-state index is 4.50. The Morgan fingerprint density at radius 3 is 2.82 bits per heavy atom. The molecule has 3 heteroatoms. The van der Waals surface area contributed by atoms with Gasteiger partial charge in [0, 0.05) is 25.3 Å². The number of pyridine rings is 1. The molecule has 17 heavy (non-hydrogen) atoms. The molecule has 0 aliphatic carbocycles. The van der Waals surface area contributed by atoms with Crippen LogP contribution in [0, 0.1) is 6.92 Å². The van der Waals surface area contributed by atoms with E-state index in [1.165, 1.54) is 30.5 Å². The number of rotatable bonds is 3. The van der Waals surface area contributed by atoms with Gasteiger partial charge in [0.1, 0.15) is 5.82 Å². The number of anilines is 1. The van der Waals surface area contributed by atoms with E-state index >= 15 is 0 Å². The highest BCUT2D eigenvalue weighted by Gasteiger charge is 2.28. The molecule has 3 nitrogen and oxygen atoms in total. The van der Waals surface area contributed by atoms with Gasteiger partial charge in [-0.1, -0.05) is 0 Å². The first-order chi connectivity index (χ1) is 8.13. The van der Waals surface area contributed by atoms with Crippen LogP contribution < -0.4 is 5.32 Å². The molecular weight excluding hydrogens is 210 g/mol. The van der Waals surface area contributed by atoms with Gasteiger partial charge in [-0.2, -0.15) is 0 Å². The first-order valence-electron chi connectivity index (χ1n) is 6.53. The Balaban J connectivity index is 2.24. The van der Waals surface area contributed by atoms with Gasteiger partial charge in [0.15, 0.2) is 0 Å². The second kappa shape index (κ2) is 5.05. The predicted molar refractivity (Wildman–Crippen MR) is 72.3 cm³/mol. The molecule has 1 aliphatic heterocycles. The summed E-state index contributed by atoms with van der Waals surface area (Å²) in [6.45, 7) is 7.90. The minimum Gasteiger partial charge on any atom is -0.373 e. The van der Waals surface area contributed by atoms with E-state index in [-0.39, 0.29) is 0 Å². The lowest BCUT2D eigenvalue weighted by Gasteiger charge is -2.28. The van der Waals surface area contributed by atoms with Crippen molar-refractivity contribution in [1.29, 1.82) is 0 Å². The fourth-order valence-corrected chi connectivity index (χ4v) is 2.81. The van der Waals surface area contributed by atoms with Gasteiger partial charge in [-0.25, -0.2) is 4.98 Å². The summed E-state index contributed by atoms with van der Waals surface area (Å²) in [7, 11) is 1.92. The average Bonchev–Trinajstić information content (AvgIpc) is 2.77. The largest absolute Gasteiger partial charge is 0.373 e. The SMILES string of the molecule is CNc1ncc([C@@H]2CCCN2C(C)C)cc1C. The van der Waals surface area contributed by atoms with Crippen molar-refractivity contribution in [3.8, 4) is 0 Å². The third-order valence-corrected chi connectivity index (χ3v) is 3.68. The van der Waals surface area contributed by atoms with Crippen LogP contribution in [0.5, 0.6) is 0 Å². The van der Waals surface area contributed by atoms with Crippen LogP contribution in [-0.2, 0) is 0 Å². The van der Waals surface area contributed by atoms with Crippen molar-refractivity contribution in [3.63, 3.8) is 0 Å². The van der Waals surface area contributed by atoms with E-state index in [2.05, 4.69) is 42.0 Å². The standard InChI is InChI=1S/C14H23N3/c1-10(2)17-7-5-6-13(17)12-8-11(3)14(15-4)16-9-12/h8-10,13H,5-7H2,1-4H3,(H,15,16)/t13-/m0/s1. The first-order valence-corrected chi connectivity index (χ1v) is 6.53. The number of nitrogens with one attached hydrogen (secondary N) is 1. The van der Waals surface area contributed by atoms with Crippen molar-refractivity contribution in [2.24, 2.45) is 0 Å². The minimum absolute atomic E-state index is 0.562. The molecule has 0 saturated carbocycles. The molecule has 1 aliphatic rings. The van der Waals surface area contributed by atoms with Gasteiger partial charge in [0.25, 0.3) is 0 Å². The summed E-state index contributed by atoms with van der Waals surface area (Å²) >= 11 is 0. The molecule has 1 saturated heterocycles. The molecule has 1 aromatic rings. The second-order valence-corrected chi connectivity index (χ2v) is 5.17. The molecule has 0 radical (unpaired) electrons. The van der Waals surface area contributed by atoms with Crippen molar-refractivity contribution in [2.45, 2.75) is 45.7 Å². The first kappa shape index (κ1) is 12.4. The van der Waals surface area contributed by atoms with Crippen LogP contribution in [0.4, 0.5) is 5.82 Å². The number of hydrogen-bond donors (Lipinski definition) is 1. The molecule has 1 N–H and O–H groups in total. The Labute approximate surface area is 104 Å². The minimum atomic E-state index is 0.562. The van der Waals surface area contributed by atoms with E-state index in [4.69, 9.17) is 0 Å². The van der Waals surface area contributed by atoms with Crippen molar-refractivity contribution < 1.29 is 0 Å². The van der Waals surface area contributed by atoms with Crippen molar-refractivity contribution in [2.75, 3.05) is 18.9 Å². The summed E-state index contributed by atoms with van der Waals surface area (Å²) in [6.07, 6.45) is 4.60. The smallest absolute Gasteiger partial charge is 0.128 e. The lowest BCUT2D eigenvalue weighted by atomic mass is 10.0. The van der Waals surface area contributed by atoms with E-state index in [0.717, 1.165) is 5.82 Å². The van der Waals surface area contributed by atoms with Crippen LogP contribution in [0.1, 0.15) is 43.9 Å². The van der Waals surface area contributed by atoms with Crippen LogP contribution in [0.3, 0.4) is 0 Å². The number of nitrogens with zero attached hydrogens (tertiary/aromatic N) is 2. The quantitative estimate of drug-likeness (QED) is 0.870. The van der Waals surface area contributed by atoms with Gasteiger partial charge in [-0.15, -0.1) is 0 Å².